The van der Waals surface area contributed by atoms with Gasteiger partial charge < -0.3 is 4.74 Å². The minimum Gasteiger partial charge on any atom is -0.496 e. The third-order valence-corrected chi connectivity index (χ3v) is 4.34. The van der Waals surface area contributed by atoms with Gasteiger partial charge in [-0.05, 0) is 54.3 Å². The van der Waals surface area contributed by atoms with Crippen LogP contribution in [0.4, 0.5) is 0 Å². The van der Waals surface area contributed by atoms with Gasteiger partial charge >= 0.3 is 0 Å². The molecule has 0 spiro atoms. The molecule has 0 aliphatic rings. The summed E-state index contributed by atoms with van der Waals surface area (Å²) in [6.45, 7) is 4.10. The van der Waals surface area contributed by atoms with E-state index < -0.39 is 0 Å². The van der Waals surface area contributed by atoms with Crippen LogP contribution >= 0.6 is 27.5 Å². The summed E-state index contributed by atoms with van der Waals surface area (Å²) in [7, 11) is 1.69. The van der Waals surface area contributed by atoms with Gasteiger partial charge in [0.05, 0.1) is 11.9 Å². The molecule has 0 saturated carbocycles. The fourth-order valence-corrected chi connectivity index (χ4v) is 3.01. The van der Waals surface area contributed by atoms with Crippen LogP contribution in [-0.2, 0) is 0 Å². The van der Waals surface area contributed by atoms with Crippen molar-refractivity contribution in [2.45, 2.75) is 18.7 Å². The number of rotatable bonds is 3. The highest BCUT2D eigenvalue weighted by molar-refractivity contribution is 9.09. The van der Waals surface area contributed by atoms with E-state index in [1.807, 2.05) is 32.0 Å². The molecule has 0 aliphatic carbocycles. The maximum atomic E-state index is 6.12. The molecule has 0 aromatic heterocycles. The van der Waals surface area contributed by atoms with E-state index in [0.717, 1.165) is 27.5 Å². The van der Waals surface area contributed by atoms with Crippen LogP contribution in [0.5, 0.6) is 5.75 Å². The van der Waals surface area contributed by atoms with Crippen LogP contribution in [0, 0.1) is 13.8 Å². The Bertz CT molecular complexity index is 575. The molecule has 0 N–H and O–H groups in total. The second-order valence-electron chi connectivity index (χ2n) is 4.65. The summed E-state index contributed by atoms with van der Waals surface area (Å²) in [4.78, 5) is 0.134. The predicted octanol–water partition coefficient (Wildman–Crippen LogP) is 5.45. The van der Waals surface area contributed by atoms with E-state index in [-0.39, 0.29) is 4.83 Å². The lowest BCUT2D eigenvalue weighted by Gasteiger charge is -2.14. The Labute approximate surface area is 127 Å². The topological polar surface area (TPSA) is 9.23 Å². The van der Waals surface area contributed by atoms with Crippen LogP contribution in [0.25, 0.3) is 0 Å². The van der Waals surface area contributed by atoms with Crippen molar-refractivity contribution < 1.29 is 4.74 Å². The van der Waals surface area contributed by atoms with E-state index in [4.69, 9.17) is 16.3 Å². The van der Waals surface area contributed by atoms with Crippen LogP contribution in [0.1, 0.15) is 27.1 Å². The van der Waals surface area contributed by atoms with Crippen LogP contribution in [0.2, 0.25) is 5.02 Å². The molecule has 1 unspecified atom stereocenters. The van der Waals surface area contributed by atoms with Gasteiger partial charge in [0.25, 0.3) is 0 Å². The first-order valence-electron chi connectivity index (χ1n) is 6.07. The fraction of sp³-hybridized carbons (Fsp3) is 0.250. The highest BCUT2D eigenvalue weighted by Crippen LogP contribution is 2.34. The molecular weight excluding hydrogens is 324 g/mol. The zero-order valence-electron chi connectivity index (χ0n) is 11.2. The molecule has 3 heteroatoms. The molecule has 0 radical (unpaired) electrons. The zero-order valence-corrected chi connectivity index (χ0v) is 13.5. The first-order chi connectivity index (χ1) is 9.01. The van der Waals surface area contributed by atoms with Gasteiger partial charge in [0.15, 0.2) is 0 Å². The van der Waals surface area contributed by atoms with Crippen molar-refractivity contribution in [2.24, 2.45) is 0 Å². The summed E-state index contributed by atoms with van der Waals surface area (Å²) in [5.74, 6) is 0.908. The van der Waals surface area contributed by atoms with Crippen molar-refractivity contribution in [2.75, 3.05) is 7.11 Å². The first kappa shape index (κ1) is 14.4. The van der Waals surface area contributed by atoms with E-state index in [0.29, 0.717) is 0 Å². The van der Waals surface area contributed by atoms with Gasteiger partial charge in [0.2, 0.25) is 0 Å². The van der Waals surface area contributed by atoms with E-state index in [2.05, 4.69) is 34.1 Å². The summed E-state index contributed by atoms with van der Waals surface area (Å²) in [6, 6.07) is 12.3. The summed E-state index contributed by atoms with van der Waals surface area (Å²) in [6.07, 6.45) is 0. The van der Waals surface area contributed by atoms with E-state index >= 15 is 0 Å². The molecule has 1 nitrogen and oxygen atoms in total. The third kappa shape index (κ3) is 3.31. The Balaban J connectivity index is 2.38. The van der Waals surface area contributed by atoms with E-state index in [1.54, 1.807) is 7.11 Å². The smallest absolute Gasteiger partial charge is 0.121 e. The van der Waals surface area contributed by atoms with Gasteiger partial charge in [-0.1, -0.05) is 45.7 Å². The van der Waals surface area contributed by atoms with Gasteiger partial charge in [0, 0.05) is 5.02 Å². The van der Waals surface area contributed by atoms with Crippen molar-refractivity contribution in [3.63, 3.8) is 0 Å². The van der Waals surface area contributed by atoms with E-state index in [9.17, 15) is 0 Å². The molecule has 0 fully saturated rings. The molecule has 19 heavy (non-hydrogen) atoms. The number of methoxy groups -OCH3 is 1. The number of ether oxygens (including phenoxy) is 1. The number of hydrogen-bond donors (Lipinski definition) is 0. The molecule has 0 bridgehead atoms. The van der Waals surface area contributed by atoms with Crippen LogP contribution < -0.4 is 4.74 Å². The van der Waals surface area contributed by atoms with Crippen molar-refractivity contribution in [1.82, 2.24) is 0 Å². The SMILES string of the molecule is COc1ccc(C(Br)c2cc(C)cc(Cl)c2)cc1C. The molecular formula is C16H16BrClO. The summed E-state index contributed by atoms with van der Waals surface area (Å²) < 4.78 is 5.29. The Hall–Kier alpha value is -0.990. The number of aryl methyl sites for hydroxylation is 2. The number of alkyl halides is 1. The number of benzene rings is 2. The maximum absolute atomic E-state index is 6.12. The molecule has 0 heterocycles. The summed E-state index contributed by atoms with van der Waals surface area (Å²) in [5.41, 5.74) is 4.65. The van der Waals surface area contributed by atoms with Crippen LogP contribution in [0.3, 0.4) is 0 Å². The highest BCUT2D eigenvalue weighted by Gasteiger charge is 2.12. The molecule has 0 saturated heterocycles. The Morgan fingerprint density at radius 2 is 1.79 bits per heavy atom. The van der Waals surface area contributed by atoms with E-state index in [1.165, 1.54) is 5.56 Å². The molecule has 0 amide bonds. The quantitative estimate of drug-likeness (QED) is 0.676. The maximum Gasteiger partial charge on any atom is 0.121 e. The van der Waals surface area contributed by atoms with Gasteiger partial charge in [-0.2, -0.15) is 0 Å². The summed E-state index contributed by atoms with van der Waals surface area (Å²) in [5, 5.41) is 0.768. The Morgan fingerprint density at radius 3 is 2.37 bits per heavy atom. The van der Waals surface area contributed by atoms with Crippen molar-refractivity contribution >= 4 is 27.5 Å². The highest BCUT2D eigenvalue weighted by atomic mass is 79.9. The second-order valence-corrected chi connectivity index (χ2v) is 6.01. The second kappa shape index (κ2) is 5.98. The number of hydrogen-bond acceptors (Lipinski definition) is 1. The Morgan fingerprint density at radius 1 is 1.05 bits per heavy atom. The lowest BCUT2D eigenvalue weighted by Crippen LogP contribution is -1.96. The van der Waals surface area contributed by atoms with Crippen LogP contribution in [-0.4, -0.2) is 7.11 Å². The Kier molecular flexibility index (Phi) is 4.54. The zero-order chi connectivity index (χ0) is 14.0. The van der Waals surface area contributed by atoms with Gasteiger partial charge in [-0.15, -0.1) is 0 Å². The monoisotopic (exact) mass is 338 g/mol. The minimum absolute atomic E-state index is 0.134. The van der Waals surface area contributed by atoms with Crippen LogP contribution in [0.15, 0.2) is 36.4 Å². The average Bonchev–Trinajstić information content (AvgIpc) is 2.36. The lowest BCUT2D eigenvalue weighted by atomic mass is 10.0. The van der Waals surface area contributed by atoms with Gasteiger partial charge in [-0.25, -0.2) is 0 Å². The fourth-order valence-electron chi connectivity index (χ4n) is 2.16. The van der Waals surface area contributed by atoms with Crippen molar-refractivity contribution in [3.05, 3.63) is 63.7 Å². The van der Waals surface area contributed by atoms with Crippen molar-refractivity contribution in [1.29, 1.82) is 0 Å². The minimum atomic E-state index is 0.134. The molecule has 2 aromatic rings. The molecule has 2 rings (SSSR count). The average molecular weight is 340 g/mol. The predicted molar refractivity (Wildman–Crippen MR) is 84.7 cm³/mol. The molecule has 100 valence electrons. The molecule has 2 aromatic carbocycles. The third-order valence-electron chi connectivity index (χ3n) is 3.07. The molecule has 0 aliphatic heterocycles. The summed E-state index contributed by atoms with van der Waals surface area (Å²) >= 11 is 9.86. The normalized spacial score (nSPS) is 12.3. The number of halogens is 2. The van der Waals surface area contributed by atoms with Crippen molar-refractivity contribution in [3.8, 4) is 5.75 Å². The first-order valence-corrected chi connectivity index (χ1v) is 7.36. The standard InChI is InChI=1S/C16H16BrClO/c1-10-6-13(9-14(18)7-10)16(17)12-4-5-15(19-3)11(2)8-12/h4-9,16H,1-3H3. The van der Waals surface area contributed by atoms with Gasteiger partial charge in [0.1, 0.15) is 5.75 Å². The van der Waals surface area contributed by atoms with Gasteiger partial charge in [-0.3, -0.25) is 0 Å². The lowest BCUT2D eigenvalue weighted by molar-refractivity contribution is 0.411. The molecule has 1 atom stereocenters. The largest absolute Gasteiger partial charge is 0.496 e.